The molecule has 1 spiro atoms. The molecular formula is C33H33ClFN3O6S. The van der Waals surface area contributed by atoms with Crippen LogP contribution in [-0.2, 0) is 36.3 Å². The minimum absolute atomic E-state index is 0.0333. The fourth-order valence-corrected chi connectivity index (χ4v) is 8.77. The lowest BCUT2D eigenvalue weighted by Gasteiger charge is -2.44. The molecule has 0 radical (unpaired) electrons. The topological polar surface area (TPSA) is 113 Å². The largest absolute Gasteiger partial charge is 0.459 e. The molecular weight excluding hydrogens is 621 g/mol. The van der Waals surface area contributed by atoms with Crippen LogP contribution in [0.3, 0.4) is 0 Å². The number of hydrogen-bond acceptors (Lipinski definition) is 6. The molecule has 1 N–H and O–H groups in total. The predicted octanol–water partition coefficient (Wildman–Crippen LogP) is 4.82. The number of carbonyl (C=O) groups is 3. The number of ether oxygens (including phenoxy) is 1. The third-order valence-electron chi connectivity index (χ3n) is 9.08. The Morgan fingerprint density at radius 2 is 1.71 bits per heavy atom. The maximum atomic E-state index is 14.3. The fraction of sp³-hybridized carbons (Fsp3) is 0.364. The van der Waals surface area contributed by atoms with Crippen molar-refractivity contribution in [2.24, 2.45) is 5.92 Å². The molecule has 6 rings (SSSR count). The summed E-state index contributed by atoms with van der Waals surface area (Å²) in [5.41, 5.74) is 1.56. The first-order chi connectivity index (χ1) is 21.6. The summed E-state index contributed by atoms with van der Waals surface area (Å²) in [6.07, 6.45) is 2.41. The first-order valence-electron chi connectivity index (χ1n) is 15.0. The molecule has 2 heterocycles. The lowest BCUT2D eigenvalue weighted by molar-refractivity contribution is -0.160. The monoisotopic (exact) mass is 653 g/mol. The zero-order chi connectivity index (χ0) is 31.9. The number of benzene rings is 3. The van der Waals surface area contributed by atoms with E-state index in [9.17, 15) is 27.2 Å². The van der Waals surface area contributed by atoms with Crippen LogP contribution >= 0.6 is 11.6 Å². The highest BCUT2D eigenvalue weighted by molar-refractivity contribution is 7.92. The Hall–Kier alpha value is -3.96. The number of nitrogens with one attached hydrogen (secondary N) is 1. The van der Waals surface area contributed by atoms with E-state index in [4.69, 9.17) is 16.3 Å². The Balaban J connectivity index is 1.39. The third kappa shape index (κ3) is 5.68. The zero-order valence-corrected chi connectivity index (χ0v) is 26.2. The van der Waals surface area contributed by atoms with Crippen LogP contribution in [0.25, 0.3) is 0 Å². The van der Waals surface area contributed by atoms with Crippen LogP contribution < -0.4 is 9.62 Å². The number of carbonyl (C=O) groups excluding carboxylic acids is 3. The number of piperidine rings is 1. The SMILES string of the molecule is CCOC(=O)C(=O)N1CCC2(CC1)c1cc(C(=O)NCc3ccccc3Cl)ccc1N(S(=O)(=O)c1ccc(F)cc1)C2C1CC1. The highest BCUT2D eigenvalue weighted by atomic mass is 35.5. The first-order valence-corrected chi connectivity index (χ1v) is 16.8. The Morgan fingerprint density at radius 3 is 2.36 bits per heavy atom. The van der Waals surface area contributed by atoms with E-state index in [2.05, 4.69) is 5.32 Å². The fourth-order valence-electron chi connectivity index (χ4n) is 6.77. The predicted molar refractivity (Wildman–Crippen MR) is 166 cm³/mol. The maximum Gasteiger partial charge on any atom is 0.397 e. The molecule has 0 bridgehead atoms. The van der Waals surface area contributed by atoms with Crippen molar-refractivity contribution in [3.63, 3.8) is 0 Å². The van der Waals surface area contributed by atoms with E-state index >= 15 is 0 Å². The second kappa shape index (κ2) is 12.1. The van der Waals surface area contributed by atoms with Crippen molar-refractivity contribution in [1.29, 1.82) is 0 Å². The van der Waals surface area contributed by atoms with E-state index in [0.717, 1.165) is 30.5 Å². The molecule has 1 atom stereocenters. The average molecular weight is 654 g/mol. The Labute approximate surface area is 266 Å². The minimum Gasteiger partial charge on any atom is -0.459 e. The summed E-state index contributed by atoms with van der Waals surface area (Å²) in [7, 11) is -4.14. The second-order valence-corrected chi connectivity index (χ2v) is 13.9. The number of amides is 2. The average Bonchev–Trinajstić information content (AvgIpc) is 3.84. The third-order valence-corrected chi connectivity index (χ3v) is 11.3. The molecule has 2 amide bonds. The number of esters is 1. The van der Waals surface area contributed by atoms with Gasteiger partial charge in [0.25, 0.3) is 15.9 Å². The number of sulfonamides is 1. The number of hydrogen-bond donors (Lipinski definition) is 1. The van der Waals surface area contributed by atoms with Crippen LogP contribution in [0.2, 0.25) is 5.02 Å². The summed E-state index contributed by atoms with van der Waals surface area (Å²) in [5, 5.41) is 3.44. The first kappa shape index (κ1) is 31.0. The molecule has 45 heavy (non-hydrogen) atoms. The van der Waals surface area contributed by atoms with E-state index in [0.29, 0.717) is 34.7 Å². The highest BCUT2D eigenvalue weighted by Gasteiger charge is 2.60. The van der Waals surface area contributed by atoms with Crippen molar-refractivity contribution in [2.45, 2.75) is 55.5 Å². The highest BCUT2D eigenvalue weighted by Crippen LogP contribution is 2.59. The van der Waals surface area contributed by atoms with Gasteiger partial charge >= 0.3 is 11.9 Å². The van der Waals surface area contributed by atoms with Gasteiger partial charge in [0.1, 0.15) is 5.82 Å². The molecule has 2 fully saturated rings. The Morgan fingerprint density at radius 1 is 1.02 bits per heavy atom. The summed E-state index contributed by atoms with van der Waals surface area (Å²) >= 11 is 6.28. The molecule has 9 nitrogen and oxygen atoms in total. The van der Waals surface area contributed by atoms with Crippen molar-refractivity contribution in [2.75, 3.05) is 24.0 Å². The molecule has 3 aromatic carbocycles. The second-order valence-electron chi connectivity index (χ2n) is 11.7. The summed E-state index contributed by atoms with van der Waals surface area (Å²) in [5.74, 6) is -2.48. The summed E-state index contributed by atoms with van der Waals surface area (Å²) in [6.45, 7) is 2.35. The normalized spacial score (nSPS) is 18.9. The molecule has 1 saturated heterocycles. The minimum atomic E-state index is -4.14. The van der Waals surface area contributed by atoms with Gasteiger partial charge in [-0.3, -0.25) is 13.9 Å². The molecule has 236 valence electrons. The maximum absolute atomic E-state index is 14.3. The van der Waals surface area contributed by atoms with E-state index in [1.807, 2.05) is 12.1 Å². The number of nitrogens with zero attached hydrogens (tertiary/aromatic N) is 2. The quantitative estimate of drug-likeness (QED) is 0.289. The van der Waals surface area contributed by atoms with Crippen molar-refractivity contribution in [3.8, 4) is 0 Å². The van der Waals surface area contributed by atoms with Crippen LogP contribution in [0.4, 0.5) is 10.1 Å². The molecule has 0 aromatic heterocycles. The number of fused-ring (bicyclic) bond motifs is 2. The van der Waals surface area contributed by atoms with Gasteiger partial charge in [0.05, 0.1) is 23.2 Å². The van der Waals surface area contributed by atoms with Gasteiger partial charge in [-0.25, -0.2) is 17.6 Å². The van der Waals surface area contributed by atoms with Gasteiger partial charge in [-0.15, -0.1) is 0 Å². The summed E-state index contributed by atoms with van der Waals surface area (Å²) in [6, 6.07) is 16.5. The van der Waals surface area contributed by atoms with Crippen LogP contribution in [0, 0.1) is 11.7 Å². The summed E-state index contributed by atoms with van der Waals surface area (Å²) in [4.78, 5) is 39.9. The molecule has 12 heteroatoms. The van der Waals surface area contributed by atoms with Gasteiger partial charge in [-0.2, -0.15) is 0 Å². The number of rotatable bonds is 7. The molecule has 3 aliphatic rings. The van der Waals surface area contributed by atoms with Gasteiger partial charge in [-0.05, 0) is 98.2 Å². The number of likely N-dealkylation sites (tertiary alicyclic amines) is 1. The number of anilines is 1. The van der Waals surface area contributed by atoms with Gasteiger partial charge in [0, 0.05) is 35.6 Å². The lowest BCUT2D eigenvalue weighted by Crippen LogP contribution is -2.55. The van der Waals surface area contributed by atoms with Gasteiger partial charge in [-0.1, -0.05) is 29.8 Å². The van der Waals surface area contributed by atoms with Gasteiger partial charge in [0.15, 0.2) is 0 Å². The molecule has 1 saturated carbocycles. The van der Waals surface area contributed by atoms with Crippen LogP contribution in [0.1, 0.15) is 54.1 Å². The lowest BCUT2D eigenvalue weighted by atomic mass is 9.68. The van der Waals surface area contributed by atoms with Crippen LogP contribution in [0.15, 0.2) is 71.6 Å². The number of halogens is 2. The van der Waals surface area contributed by atoms with E-state index in [-0.39, 0.29) is 43.0 Å². The van der Waals surface area contributed by atoms with Gasteiger partial charge in [0.2, 0.25) is 0 Å². The van der Waals surface area contributed by atoms with Crippen molar-refractivity contribution in [1.82, 2.24) is 10.2 Å². The molecule has 2 aliphatic heterocycles. The Bertz CT molecular complexity index is 1750. The smallest absolute Gasteiger partial charge is 0.397 e. The molecule has 1 unspecified atom stereocenters. The van der Waals surface area contributed by atoms with E-state index in [1.165, 1.54) is 21.3 Å². The summed E-state index contributed by atoms with van der Waals surface area (Å²) < 4.78 is 48.8. The van der Waals surface area contributed by atoms with Crippen molar-refractivity contribution >= 4 is 45.1 Å². The van der Waals surface area contributed by atoms with Crippen LogP contribution in [0.5, 0.6) is 0 Å². The standard InChI is InChI=1S/C33H33ClFN3O6S/c1-2-44-32(41)31(40)37-17-15-33(16-18-37)26-19-22(30(39)36-20-23-5-3-4-6-27(23)34)9-14-28(26)38(29(33)21-7-8-21)45(42,43)25-12-10-24(35)11-13-25/h3-6,9-14,19,21,29H,2,7-8,15-18,20H2,1H3,(H,36,39). The van der Waals surface area contributed by atoms with E-state index < -0.39 is 39.2 Å². The molecule has 3 aromatic rings. The van der Waals surface area contributed by atoms with Gasteiger partial charge < -0.3 is 15.0 Å². The van der Waals surface area contributed by atoms with Crippen molar-refractivity contribution in [3.05, 3.63) is 94.3 Å². The zero-order valence-electron chi connectivity index (χ0n) is 24.7. The van der Waals surface area contributed by atoms with E-state index in [1.54, 1.807) is 37.3 Å². The Kier molecular flexibility index (Phi) is 8.34. The molecule has 1 aliphatic carbocycles. The van der Waals surface area contributed by atoms with Crippen molar-refractivity contribution < 1.29 is 31.9 Å². The van der Waals surface area contributed by atoms with Crippen LogP contribution in [-0.4, -0.2) is 56.8 Å².